The van der Waals surface area contributed by atoms with Gasteiger partial charge in [-0.05, 0) is 23.8 Å². The van der Waals surface area contributed by atoms with Gasteiger partial charge in [0.2, 0.25) is 0 Å². The Balaban J connectivity index is 2.19. The molecule has 5 nitrogen and oxygen atoms in total. The highest BCUT2D eigenvalue weighted by Gasteiger charge is 2.04. The van der Waals surface area contributed by atoms with Crippen LogP contribution in [0.3, 0.4) is 0 Å². The van der Waals surface area contributed by atoms with E-state index in [0.717, 1.165) is 11.3 Å². The standard InChI is InChI=1S/C13H14N3O2/c1-14-10-9-12(15(14)2)6-3-11-4-7-13(8-5-11)16(17)18/h3-10H,1-2H3/q+1/b6-3+. The van der Waals surface area contributed by atoms with Crippen LogP contribution in [0.4, 0.5) is 5.69 Å². The smallest absolute Gasteiger partial charge is 0.258 e. The number of benzene rings is 1. The molecule has 0 atom stereocenters. The van der Waals surface area contributed by atoms with E-state index in [1.54, 1.807) is 12.1 Å². The largest absolute Gasteiger partial charge is 0.269 e. The first-order valence-electron chi connectivity index (χ1n) is 5.52. The summed E-state index contributed by atoms with van der Waals surface area (Å²) in [5.74, 6) is 0. The molecule has 0 saturated heterocycles. The Morgan fingerprint density at radius 3 is 2.39 bits per heavy atom. The summed E-state index contributed by atoms with van der Waals surface area (Å²) in [7, 11) is 3.93. The molecule has 1 aromatic carbocycles. The van der Waals surface area contributed by atoms with Crippen molar-refractivity contribution in [2.24, 2.45) is 14.1 Å². The summed E-state index contributed by atoms with van der Waals surface area (Å²) < 4.78 is 3.97. The lowest BCUT2D eigenvalue weighted by atomic mass is 10.2. The second-order valence-corrected chi connectivity index (χ2v) is 4.02. The molecule has 0 aliphatic carbocycles. The van der Waals surface area contributed by atoms with Crippen molar-refractivity contribution in [2.75, 3.05) is 0 Å². The average molecular weight is 244 g/mol. The van der Waals surface area contributed by atoms with Gasteiger partial charge in [0, 0.05) is 18.2 Å². The topological polar surface area (TPSA) is 51.9 Å². The van der Waals surface area contributed by atoms with Crippen molar-refractivity contribution in [2.45, 2.75) is 0 Å². The minimum absolute atomic E-state index is 0.109. The van der Waals surface area contributed by atoms with E-state index in [1.807, 2.05) is 47.9 Å². The van der Waals surface area contributed by atoms with Crippen LogP contribution >= 0.6 is 0 Å². The van der Waals surface area contributed by atoms with Crippen LogP contribution in [0.25, 0.3) is 12.2 Å². The lowest BCUT2D eigenvalue weighted by Crippen LogP contribution is -2.36. The fourth-order valence-corrected chi connectivity index (χ4v) is 1.63. The van der Waals surface area contributed by atoms with Gasteiger partial charge in [-0.3, -0.25) is 10.1 Å². The molecule has 92 valence electrons. The third kappa shape index (κ3) is 2.45. The van der Waals surface area contributed by atoms with E-state index in [9.17, 15) is 10.1 Å². The number of hydrogen-bond donors (Lipinski definition) is 0. The van der Waals surface area contributed by atoms with Gasteiger partial charge < -0.3 is 0 Å². The molecule has 0 fully saturated rings. The Hall–Kier alpha value is -2.43. The molecule has 0 radical (unpaired) electrons. The number of nitro benzene ring substituents is 1. The molecule has 0 spiro atoms. The molecule has 18 heavy (non-hydrogen) atoms. The van der Waals surface area contributed by atoms with Crippen LogP contribution in [0, 0.1) is 10.1 Å². The van der Waals surface area contributed by atoms with Crippen molar-refractivity contribution < 1.29 is 9.61 Å². The maximum absolute atomic E-state index is 10.5. The lowest BCUT2D eigenvalue weighted by Gasteiger charge is -1.95. The maximum atomic E-state index is 10.5. The minimum Gasteiger partial charge on any atom is -0.258 e. The number of aryl methyl sites for hydroxylation is 1. The highest BCUT2D eigenvalue weighted by Crippen LogP contribution is 2.13. The number of hydrogen-bond acceptors (Lipinski definition) is 2. The van der Waals surface area contributed by atoms with Crippen molar-refractivity contribution in [3.05, 3.63) is 57.9 Å². The van der Waals surface area contributed by atoms with Crippen LogP contribution in [0.5, 0.6) is 0 Å². The Bertz CT molecular complexity index is 597. The quantitative estimate of drug-likeness (QED) is 0.470. The van der Waals surface area contributed by atoms with E-state index >= 15 is 0 Å². The molecule has 1 aromatic heterocycles. The maximum Gasteiger partial charge on any atom is 0.269 e. The summed E-state index contributed by atoms with van der Waals surface area (Å²) in [5, 5.41) is 10.5. The van der Waals surface area contributed by atoms with Gasteiger partial charge in [-0.15, -0.1) is 4.68 Å². The van der Waals surface area contributed by atoms with Crippen molar-refractivity contribution in [3.8, 4) is 0 Å². The molecule has 0 aliphatic heterocycles. The molecule has 2 rings (SSSR count). The normalized spacial score (nSPS) is 11.0. The van der Waals surface area contributed by atoms with Crippen molar-refractivity contribution in [3.63, 3.8) is 0 Å². The molecule has 0 N–H and O–H groups in total. The zero-order chi connectivity index (χ0) is 13.1. The predicted octanol–water partition coefficient (Wildman–Crippen LogP) is 1.93. The lowest BCUT2D eigenvalue weighted by molar-refractivity contribution is -0.751. The summed E-state index contributed by atoms with van der Waals surface area (Å²) in [6, 6.07) is 8.48. The zero-order valence-corrected chi connectivity index (χ0v) is 10.3. The highest BCUT2D eigenvalue weighted by molar-refractivity contribution is 5.68. The highest BCUT2D eigenvalue weighted by atomic mass is 16.6. The summed E-state index contributed by atoms with van der Waals surface area (Å²) in [6.45, 7) is 0. The van der Waals surface area contributed by atoms with E-state index in [4.69, 9.17) is 0 Å². The molecular formula is C13H14N3O2+. The van der Waals surface area contributed by atoms with Crippen LogP contribution in [0.1, 0.15) is 11.3 Å². The molecule has 2 aromatic rings. The average Bonchev–Trinajstić information content (AvgIpc) is 2.68. The first-order chi connectivity index (χ1) is 8.58. The Kier molecular flexibility index (Phi) is 3.23. The zero-order valence-electron chi connectivity index (χ0n) is 10.3. The minimum atomic E-state index is -0.398. The van der Waals surface area contributed by atoms with Gasteiger partial charge in [0.25, 0.3) is 5.69 Å². The number of non-ortho nitro benzene ring substituents is 1. The van der Waals surface area contributed by atoms with Gasteiger partial charge in [0.05, 0.1) is 12.0 Å². The van der Waals surface area contributed by atoms with E-state index in [0.29, 0.717) is 0 Å². The molecule has 1 heterocycles. The number of rotatable bonds is 3. The number of nitrogens with zero attached hydrogens (tertiary/aromatic N) is 3. The van der Waals surface area contributed by atoms with Gasteiger partial charge in [0.15, 0.2) is 13.2 Å². The SMILES string of the molecule is Cn1c(/C=C/c2ccc([N+](=O)[O-])cc2)cc[n+]1C. The van der Waals surface area contributed by atoms with Crippen molar-refractivity contribution in [1.82, 2.24) is 4.68 Å². The first kappa shape index (κ1) is 12.0. The van der Waals surface area contributed by atoms with Gasteiger partial charge in [0.1, 0.15) is 5.69 Å². The molecule has 0 aliphatic rings. The molecule has 0 bridgehead atoms. The molecular weight excluding hydrogens is 230 g/mol. The van der Waals surface area contributed by atoms with Crippen LogP contribution in [-0.2, 0) is 14.1 Å². The fourth-order valence-electron chi connectivity index (χ4n) is 1.63. The molecule has 0 saturated carbocycles. The number of nitro groups is 1. The molecule has 0 unspecified atom stereocenters. The van der Waals surface area contributed by atoms with Crippen LogP contribution in [0.15, 0.2) is 36.5 Å². The summed E-state index contributed by atoms with van der Waals surface area (Å²) >= 11 is 0. The first-order valence-corrected chi connectivity index (χ1v) is 5.52. The van der Waals surface area contributed by atoms with Crippen molar-refractivity contribution >= 4 is 17.8 Å². The summed E-state index contributed by atoms with van der Waals surface area (Å²) in [6.07, 6.45) is 5.87. The fraction of sp³-hybridized carbons (Fsp3) is 0.154. The molecule has 0 amide bonds. The number of aromatic nitrogens is 2. The van der Waals surface area contributed by atoms with Crippen LogP contribution in [0.2, 0.25) is 0 Å². The van der Waals surface area contributed by atoms with E-state index < -0.39 is 4.92 Å². The second-order valence-electron chi connectivity index (χ2n) is 4.02. The van der Waals surface area contributed by atoms with E-state index in [2.05, 4.69) is 0 Å². The third-order valence-electron chi connectivity index (χ3n) is 2.86. The Labute approximate surface area is 105 Å². The monoisotopic (exact) mass is 244 g/mol. The van der Waals surface area contributed by atoms with Crippen molar-refractivity contribution in [1.29, 1.82) is 0 Å². The van der Waals surface area contributed by atoms with E-state index in [-0.39, 0.29) is 5.69 Å². The van der Waals surface area contributed by atoms with Gasteiger partial charge in [-0.25, -0.2) is 0 Å². The summed E-state index contributed by atoms with van der Waals surface area (Å²) in [5.41, 5.74) is 2.11. The summed E-state index contributed by atoms with van der Waals surface area (Å²) in [4.78, 5) is 10.1. The van der Waals surface area contributed by atoms with Gasteiger partial charge in [-0.2, -0.15) is 4.68 Å². The van der Waals surface area contributed by atoms with Gasteiger partial charge in [-0.1, -0.05) is 6.08 Å². The van der Waals surface area contributed by atoms with Crippen LogP contribution < -0.4 is 4.68 Å². The Morgan fingerprint density at radius 2 is 1.89 bits per heavy atom. The second kappa shape index (κ2) is 4.83. The van der Waals surface area contributed by atoms with Crippen LogP contribution in [-0.4, -0.2) is 9.61 Å². The third-order valence-corrected chi connectivity index (χ3v) is 2.86. The molecule has 5 heteroatoms. The van der Waals surface area contributed by atoms with Gasteiger partial charge >= 0.3 is 0 Å². The van der Waals surface area contributed by atoms with E-state index in [1.165, 1.54) is 12.1 Å². The Morgan fingerprint density at radius 1 is 1.22 bits per heavy atom. The predicted molar refractivity (Wildman–Crippen MR) is 68.6 cm³/mol.